The molecule has 6 heteroatoms. The van der Waals surface area contributed by atoms with E-state index in [2.05, 4.69) is 22.2 Å². The summed E-state index contributed by atoms with van der Waals surface area (Å²) in [6.45, 7) is 3.45. The SMILES string of the molecule is CCO[C@H]1C[C@H](NC(=O)N(C)CCc2cnccn2)C12CCCCC2. The van der Waals surface area contributed by atoms with E-state index in [4.69, 9.17) is 4.74 Å². The average molecular weight is 346 g/mol. The molecule has 1 heterocycles. The number of carbonyl (C=O) groups is 1. The number of rotatable bonds is 6. The molecular weight excluding hydrogens is 316 g/mol. The van der Waals surface area contributed by atoms with E-state index in [0.29, 0.717) is 12.6 Å². The number of amides is 2. The van der Waals surface area contributed by atoms with Crippen LogP contribution in [0.1, 0.15) is 51.1 Å². The maximum absolute atomic E-state index is 12.6. The Morgan fingerprint density at radius 3 is 2.84 bits per heavy atom. The molecule has 0 radical (unpaired) electrons. The Balaban J connectivity index is 1.53. The Morgan fingerprint density at radius 1 is 1.36 bits per heavy atom. The average Bonchev–Trinajstić information content (AvgIpc) is 2.66. The van der Waals surface area contributed by atoms with Crippen LogP contribution in [0.15, 0.2) is 18.6 Å². The third-order valence-electron chi connectivity index (χ3n) is 5.90. The number of nitrogens with zero attached hydrogens (tertiary/aromatic N) is 3. The van der Waals surface area contributed by atoms with Crippen LogP contribution in [-0.4, -0.2) is 53.2 Å². The van der Waals surface area contributed by atoms with Gasteiger partial charge in [-0.3, -0.25) is 9.97 Å². The molecule has 2 atom stereocenters. The minimum absolute atomic E-state index is 0.00814. The van der Waals surface area contributed by atoms with Crippen molar-refractivity contribution in [3.63, 3.8) is 0 Å². The van der Waals surface area contributed by atoms with Crippen molar-refractivity contribution in [2.75, 3.05) is 20.2 Å². The van der Waals surface area contributed by atoms with E-state index < -0.39 is 0 Å². The van der Waals surface area contributed by atoms with Crippen molar-refractivity contribution >= 4 is 6.03 Å². The largest absolute Gasteiger partial charge is 0.378 e. The molecule has 0 aliphatic heterocycles. The van der Waals surface area contributed by atoms with Crippen LogP contribution in [0.25, 0.3) is 0 Å². The second-order valence-corrected chi connectivity index (χ2v) is 7.34. The van der Waals surface area contributed by atoms with Gasteiger partial charge in [0.25, 0.3) is 0 Å². The van der Waals surface area contributed by atoms with E-state index in [1.807, 2.05) is 7.05 Å². The number of aromatic nitrogens is 2. The molecule has 1 aromatic rings. The lowest BCUT2D eigenvalue weighted by Crippen LogP contribution is -2.66. The summed E-state index contributed by atoms with van der Waals surface area (Å²) >= 11 is 0. The molecule has 0 unspecified atom stereocenters. The van der Waals surface area contributed by atoms with Gasteiger partial charge < -0.3 is 15.0 Å². The number of likely N-dealkylation sites (N-methyl/N-ethyl adjacent to an activating group) is 1. The quantitative estimate of drug-likeness (QED) is 0.860. The van der Waals surface area contributed by atoms with Crippen LogP contribution in [0.3, 0.4) is 0 Å². The number of hydrogen-bond acceptors (Lipinski definition) is 4. The number of hydrogen-bond donors (Lipinski definition) is 1. The highest BCUT2D eigenvalue weighted by Crippen LogP contribution is 2.53. The van der Waals surface area contributed by atoms with Gasteiger partial charge in [0, 0.05) is 56.7 Å². The van der Waals surface area contributed by atoms with Crippen molar-refractivity contribution in [3.8, 4) is 0 Å². The smallest absolute Gasteiger partial charge is 0.317 e. The minimum Gasteiger partial charge on any atom is -0.378 e. The Morgan fingerprint density at radius 2 is 2.16 bits per heavy atom. The van der Waals surface area contributed by atoms with Gasteiger partial charge in [-0.2, -0.15) is 0 Å². The second-order valence-electron chi connectivity index (χ2n) is 7.34. The summed E-state index contributed by atoms with van der Waals surface area (Å²) in [5, 5.41) is 3.27. The van der Waals surface area contributed by atoms with Gasteiger partial charge in [-0.25, -0.2) is 4.79 Å². The van der Waals surface area contributed by atoms with Crippen LogP contribution < -0.4 is 5.32 Å². The van der Waals surface area contributed by atoms with Crippen molar-refractivity contribution in [1.29, 1.82) is 0 Å². The summed E-state index contributed by atoms with van der Waals surface area (Å²) in [6, 6.07) is 0.254. The van der Waals surface area contributed by atoms with Crippen LogP contribution in [0.4, 0.5) is 4.79 Å². The zero-order valence-electron chi connectivity index (χ0n) is 15.4. The van der Waals surface area contributed by atoms with Crippen LogP contribution in [0.2, 0.25) is 0 Å². The first-order valence-electron chi connectivity index (χ1n) is 9.54. The zero-order chi connectivity index (χ0) is 17.7. The van der Waals surface area contributed by atoms with Gasteiger partial charge >= 0.3 is 6.03 Å². The fourth-order valence-corrected chi connectivity index (χ4v) is 4.37. The lowest BCUT2D eigenvalue weighted by molar-refractivity contribution is -0.147. The molecule has 2 aliphatic rings. The van der Waals surface area contributed by atoms with Crippen molar-refractivity contribution in [3.05, 3.63) is 24.3 Å². The third kappa shape index (κ3) is 3.94. The number of ether oxygens (including phenoxy) is 1. The topological polar surface area (TPSA) is 67.3 Å². The van der Waals surface area contributed by atoms with E-state index in [1.54, 1.807) is 23.5 Å². The minimum atomic E-state index is 0.00814. The molecule has 1 N–H and O–H groups in total. The fraction of sp³-hybridized carbons (Fsp3) is 0.737. The molecule has 138 valence electrons. The summed E-state index contributed by atoms with van der Waals surface area (Å²) in [7, 11) is 1.85. The van der Waals surface area contributed by atoms with Crippen LogP contribution >= 0.6 is 0 Å². The van der Waals surface area contributed by atoms with Crippen molar-refractivity contribution in [1.82, 2.24) is 20.2 Å². The molecule has 1 aromatic heterocycles. The highest BCUT2D eigenvalue weighted by molar-refractivity contribution is 5.74. The number of carbonyl (C=O) groups excluding carboxylic acids is 1. The standard InChI is InChI=1S/C19H30N4O2/c1-3-25-17-13-16(19(17)8-5-4-6-9-19)22-18(24)23(2)12-7-15-14-20-10-11-21-15/h10-11,14,16-17H,3-9,12-13H2,1-2H3,(H,22,24)/t16-,17-/m0/s1. The summed E-state index contributed by atoms with van der Waals surface area (Å²) < 4.78 is 5.97. The molecule has 25 heavy (non-hydrogen) atoms. The van der Waals surface area contributed by atoms with Crippen LogP contribution in [0, 0.1) is 5.41 Å². The summed E-state index contributed by atoms with van der Waals surface area (Å²) in [5.74, 6) is 0. The van der Waals surface area contributed by atoms with Crippen molar-refractivity contribution < 1.29 is 9.53 Å². The van der Waals surface area contributed by atoms with Crippen LogP contribution in [-0.2, 0) is 11.2 Å². The molecule has 1 spiro atoms. The molecule has 6 nitrogen and oxygen atoms in total. The molecule has 2 aliphatic carbocycles. The van der Waals surface area contributed by atoms with E-state index in [1.165, 1.54) is 32.1 Å². The molecule has 2 amide bonds. The Bertz CT molecular complexity index is 560. The Hall–Kier alpha value is -1.69. The van der Waals surface area contributed by atoms with Crippen molar-refractivity contribution in [2.24, 2.45) is 5.41 Å². The van der Waals surface area contributed by atoms with E-state index in [9.17, 15) is 4.79 Å². The van der Waals surface area contributed by atoms with Crippen LogP contribution in [0.5, 0.6) is 0 Å². The monoisotopic (exact) mass is 346 g/mol. The maximum Gasteiger partial charge on any atom is 0.317 e. The van der Waals surface area contributed by atoms with E-state index in [0.717, 1.165) is 25.1 Å². The Kier molecular flexibility index (Phi) is 5.89. The molecule has 3 rings (SSSR count). The first-order chi connectivity index (χ1) is 12.2. The van der Waals surface area contributed by atoms with Crippen molar-refractivity contribution in [2.45, 2.75) is 64.0 Å². The predicted octanol–water partition coefficient (Wildman–Crippen LogP) is 2.79. The van der Waals surface area contributed by atoms with Gasteiger partial charge in [0.05, 0.1) is 11.8 Å². The lowest BCUT2D eigenvalue weighted by Gasteiger charge is -2.57. The van der Waals surface area contributed by atoms with Gasteiger partial charge in [0.1, 0.15) is 0 Å². The zero-order valence-corrected chi connectivity index (χ0v) is 15.4. The van der Waals surface area contributed by atoms with Gasteiger partial charge in [0.2, 0.25) is 0 Å². The lowest BCUT2D eigenvalue weighted by atomic mass is 9.55. The van der Waals surface area contributed by atoms with Gasteiger partial charge in [-0.05, 0) is 26.2 Å². The Labute approximate surface area is 150 Å². The molecule has 0 bridgehead atoms. The van der Waals surface area contributed by atoms with E-state index >= 15 is 0 Å². The molecule has 2 fully saturated rings. The van der Waals surface area contributed by atoms with Gasteiger partial charge in [-0.15, -0.1) is 0 Å². The highest BCUT2D eigenvalue weighted by atomic mass is 16.5. The first kappa shape index (κ1) is 18.1. The number of urea groups is 1. The number of nitrogens with one attached hydrogen (secondary N) is 1. The third-order valence-corrected chi connectivity index (χ3v) is 5.90. The van der Waals surface area contributed by atoms with Gasteiger partial charge in [0.15, 0.2) is 0 Å². The summed E-state index contributed by atoms with van der Waals surface area (Å²) in [6.07, 6.45) is 13.2. The molecule has 0 saturated heterocycles. The maximum atomic E-state index is 12.6. The van der Waals surface area contributed by atoms with Gasteiger partial charge in [-0.1, -0.05) is 19.3 Å². The predicted molar refractivity (Wildman–Crippen MR) is 96.2 cm³/mol. The summed E-state index contributed by atoms with van der Waals surface area (Å²) in [4.78, 5) is 22.7. The summed E-state index contributed by atoms with van der Waals surface area (Å²) in [5.41, 5.74) is 1.07. The fourth-order valence-electron chi connectivity index (χ4n) is 4.37. The van der Waals surface area contributed by atoms with E-state index in [-0.39, 0.29) is 17.5 Å². The first-order valence-corrected chi connectivity index (χ1v) is 9.54. The second kappa shape index (κ2) is 8.13. The molecular formula is C19H30N4O2. The normalized spacial score (nSPS) is 24.6. The highest BCUT2D eigenvalue weighted by Gasteiger charge is 2.56. The molecule has 2 saturated carbocycles. The molecule has 0 aromatic carbocycles.